The molecule has 0 spiro atoms. The van der Waals surface area contributed by atoms with Crippen molar-refractivity contribution in [3.05, 3.63) is 108 Å². The van der Waals surface area contributed by atoms with Crippen molar-refractivity contribution in [2.45, 2.75) is 19.4 Å². The summed E-state index contributed by atoms with van der Waals surface area (Å²) >= 11 is 5.72. The summed E-state index contributed by atoms with van der Waals surface area (Å²) in [4.78, 5) is 2.29. The van der Waals surface area contributed by atoms with E-state index in [1.165, 1.54) is 16.7 Å². The molecule has 1 N–H and O–H groups in total. The Hall–Kier alpha value is -2.65. The zero-order valence-corrected chi connectivity index (χ0v) is 16.4. The Morgan fingerprint density at radius 3 is 1.48 bits per heavy atom. The van der Waals surface area contributed by atoms with Crippen molar-refractivity contribution >= 4 is 17.3 Å². The summed E-state index contributed by atoms with van der Waals surface area (Å²) in [7, 11) is 0. The Bertz CT molecular complexity index is 760. The molecular weight excluding hydrogens is 348 g/mol. The third-order valence-corrected chi connectivity index (χ3v) is 5.00. The van der Waals surface area contributed by atoms with Crippen LogP contribution in [0.3, 0.4) is 0 Å². The summed E-state index contributed by atoms with van der Waals surface area (Å²) in [5.41, 5.74) is 3.92. The van der Waals surface area contributed by atoms with Crippen LogP contribution in [0.4, 0.5) is 0 Å². The number of rotatable bonds is 8. The van der Waals surface area contributed by atoms with Crippen LogP contribution in [0.25, 0.3) is 0 Å². The molecule has 0 bridgehead atoms. The van der Waals surface area contributed by atoms with Crippen molar-refractivity contribution in [3.8, 4) is 0 Å². The minimum absolute atomic E-state index is 0.757. The standard InChI is InChI=1S/C24H26N2S/c27-24(25-20-23-14-8-3-9-15-23)26(18-16-21-10-4-1-5-11-21)19-17-22-12-6-2-7-13-22/h1-15H,16-20H2,(H,25,27). The molecular formula is C24H26N2S. The molecule has 0 saturated heterocycles. The van der Waals surface area contributed by atoms with E-state index in [0.29, 0.717) is 0 Å². The maximum absolute atomic E-state index is 5.72. The molecule has 0 aromatic heterocycles. The quantitative estimate of drug-likeness (QED) is 0.568. The van der Waals surface area contributed by atoms with Crippen molar-refractivity contribution in [1.29, 1.82) is 0 Å². The Labute approximate surface area is 167 Å². The fourth-order valence-electron chi connectivity index (χ4n) is 3.02. The molecule has 0 saturated carbocycles. The number of benzene rings is 3. The smallest absolute Gasteiger partial charge is 0.169 e. The first-order chi connectivity index (χ1) is 13.3. The van der Waals surface area contributed by atoms with E-state index in [4.69, 9.17) is 12.2 Å². The van der Waals surface area contributed by atoms with E-state index in [1.807, 2.05) is 6.07 Å². The lowest BCUT2D eigenvalue weighted by Crippen LogP contribution is -2.41. The molecule has 138 valence electrons. The van der Waals surface area contributed by atoms with Gasteiger partial charge < -0.3 is 10.2 Å². The SMILES string of the molecule is S=C(NCc1ccccc1)N(CCc1ccccc1)CCc1ccccc1. The van der Waals surface area contributed by atoms with Crippen LogP contribution < -0.4 is 5.32 Å². The summed E-state index contributed by atoms with van der Waals surface area (Å²) in [5, 5.41) is 4.25. The first-order valence-corrected chi connectivity index (χ1v) is 9.86. The average molecular weight is 375 g/mol. The monoisotopic (exact) mass is 374 g/mol. The van der Waals surface area contributed by atoms with Crippen molar-refractivity contribution in [2.24, 2.45) is 0 Å². The molecule has 0 unspecified atom stereocenters. The number of thiocarbonyl (C=S) groups is 1. The summed E-state index contributed by atoms with van der Waals surface area (Å²) in [6, 6.07) is 31.6. The van der Waals surface area contributed by atoms with E-state index in [0.717, 1.165) is 37.6 Å². The molecule has 3 heteroatoms. The van der Waals surface area contributed by atoms with Crippen LogP contribution in [-0.4, -0.2) is 23.1 Å². The Kier molecular flexibility index (Phi) is 7.43. The van der Waals surface area contributed by atoms with Gasteiger partial charge >= 0.3 is 0 Å². The molecule has 3 aromatic carbocycles. The van der Waals surface area contributed by atoms with Crippen LogP contribution in [0, 0.1) is 0 Å². The topological polar surface area (TPSA) is 15.3 Å². The Morgan fingerprint density at radius 1 is 0.630 bits per heavy atom. The highest BCUT2D eigenvalue weighted by Crippen LogP contribution is 2.06. The Morgan fingerprint density at radius 2 is 1.04 bits per heavy atom. The molecule has 3 rings (SSSR count). The highest BCUT2D eigenvalue weighted by Gasteiger charge is 2.10. The lowest BCUT2D eigenvalue weighted by Gasteiger charge is -2.26. The highest BCUT2D eigenvalue weighted by atomic mass is 32.1. The number of hydrogen-bond acceptors (Lipinski definition) is 1. The van der Waals surface area contributed by atoms with E-state index >= 15 is 0 Å². The molecule has 0 amide bonds. The molecule has 0 radical (unpaired) electrons. The van der Waals surface area contributed by atoms with Crippen LogP contribution >= 0.6 is 12.2 Å². The fraction of sp³-hybridized carbons (Fsp3) is 0.208. The molecule has 0 aliphatic carbocycles. The molecule has 0 aliphatic heterocycles. The van der Waals surface area contributed by atoms with E-state index in [1.54, 1.807) is 0 Å². The summed E-state index contributed by atoms with van der Waals surface area (Å²) in [5.74, 6) is 0. The molecule has 0 fully saturated rings. The third kappa shape index (κ3) is 6.54. The first kappa shape index (κ1) is 19.1. The normalized spacial score (nSPS) is 10.4. The van der Waals surface area contributed by atoms with Gasteiger partial charge in [-0.15, -0.1) is 0 Å². The van der Waals surface area contributed by atoms with Crippen LogP contribution in [0.15, 0.2) is 91.0 Å². The van der Waals surface area contributed by atoms with Gasteiger partial charge in [0.15, 0.2) is 5.11 Å². The predicted molar refractivity (Wildman–Crippen MR) is 118 cm³/mol. The third-order valence-electron chi connectivity index (χ3n) is 4.60. The van der Waals surface area contributed by atoms with E-state index in [-0.39, 0.29) is 0 Å². The summed E-state index contributed by atoms with van der Waals surface area (Å²) < 4.78 is 0. The van der Waals surface area contributed by atoms with Crippen molar-refractivity contribution in [3.63, 3.8) is 0 Å². The molecule has 2 nitrogen and oxygen atoms in total. The molecule has 0 aliphatic rings. The van der Waals surface area contributed by atoms with Crippen molar-refractivity contribution in [1.82, 2.24) is 10.2 Å². The van der Waals surface area contributed by atoms with E-state index in [9.17, 15) is 0 Å². The highest BCUT2D eigenvalue weighted by molar-refractivity contribution is 7.80. The van der Waals surface area contributed by atoms with E-state index < -0.39 is 0 Å². The van der Waals surface area contributed by atoms with Gasteiger partial charge in [-0.05, 0) is 41.7 Å². The maximum Gasteiger partial charge on any atom is 0.169 e. The second-order valence-electron chi connectivity index (χ2n) is 6.60. The van der Waals surface area contributed by atoms with Crippen LogP contribution in [0.1, 0.15) is 16.7 Å². The molecule has 27 heavy (non-hydrogen) atoms. The molecule has 0 atom stereocenters. The lowest BCUT2D eigenvalue weighted by molar-refractivity contribution is 0.418. The predicted octanol–water partition coefficient (Wildman–Crippen LogP) is 4.85. The van der Waals surface area contributed by atoms with Gasteiger partial charge in [0, 0.05) is 19.6 Å². The fourth-order valence-corrected chi connectivity index (χ4v) is 3.27. The zero-order chi connectivity index (χ0) is 18.7. The van der Waals surface area contributed by atoms with Gasteiger partial charge in [-0.1, -0.05) is 91.0 Å². The van der Waals surface area contributed by atoms with Gasteiger partial charge in [-0.25, -0.2) is 0 Å². The van der Waals surface area contributed by atoms with Crippen LogP contribution in [0.2, 0.25) is 0 Å². The minimum Gasteiger partial charge on any atom is -0.358 e. The Balaban J connectivity index is 1.59. The lowest BCUT2D eigenvalue weighted by atomic mass is 10.1. The number of nitrogens with one attached hydrogen (secondary N) is 1. The van der Waals surface area contributed by atoms with E-state index in [2.05, 4.69) is 95.1 Å². The number of hydrogen-bond donors (Lipinski definition) is 1. The van der Waals surface area contributed by atoms with Gasteiger partial charge in [0.25, 0.3) is 0 Å². The van der Waals surface area contributed by atoms with Crippen LogP contribution in [0.5, 0.6) is 0 Å². The molecule has 0 heterocycles. The second kappa shape index (κ2) is 10.5. The van der Waals surface area contributed by atoms with Gasteiger partial charge in [0.05, 0.1) is 0 Å². The van der Waals surface area contributed by atoms with Gasteiger partial charge in [-0.3, -0.25) is 0 Å². The summed E-state index contributed by atoms with van der Waals surface area (Å²) in [6.45, 7) is 2.59. The van der Waals surface area contributed by atoms with Crippen molar-refractivity contribution < 1.29 is 0 Å². The minimum atomic E-state index is 0.757. The average Bonchev–Trinajstić information content (AvgIpc) is 2.74. The largest absolute Gasteiger partial charge is 0.358 e. The van der Waals surface area contributed by atoms with Crippen LogP contribution in [-0.2, 0) is 19.4 Å². The zero-order valence-electron chi connectivity index (χ0n) is 15.6. The maximum atomic E-state index is 5.72. The number of nitrogens with zero attached hydrogens (tertiary/aromatic N) is 1. The van der Waals surface area contributed by atoms with Gasteiger partial charge in [-0.2, -0.15) is 0 Å². The summed E-state index contributed by atoms with van der Waals surface area (Å²) in [6.07, 6.45) is 1.98. The second-order valence-corrected chi connectivity index (χ2v) is 6.99. The van der Waals surface area contributed by atoms with Crippen molar-refractivity contribution in [2.75, 3.05) is 13.1 Å². The first-order valence-electron chi connectivity index (χ1n) is 9.46. The molecule has 3 aromatic rings. The van der Waals surface area contributed by atoms with Gasteiger partial charge in [0.2, 0.25) is 0 Å². The van der Waals surface area contributed by atoms with Gasteiger partial charge in [0.1, 0.15) is 0 Å².